The first-order valence-corrected chi connectivity index (χ1v) is 7.74. The minimum absolute atomic E-state index is 0.0179. The van der Waals surface area contributed by atoms with E-state index >= 15 is 0 Å². The number of carboxylic acids is 1. The molecule has 1 N–H and O–H groups in total. The maximum absolute atomic E-state index is 10.9. The molecule has 1 aromatic rings. The van der Waals surface area contributed by atoms with Crippen LogP contribution >= 0.6 is 0 Å². The molecule has 0 aliphatic heterocycles. The predicted octanol–water partition coefficient (Wildman–Crippen LogP) is 4.18. The van der Waals surface area contributed by atoms with E-state index in [0.29, 0.717) is 6.61 Å². The summed E-state index contributed by atoms with van der Waals surface area (Å²) in [6, 6.07) is 6.35. The largest absolute Gasteiger partial charge is 0.493 e. The van der Waals surface area contributed by atoms with Gasteiger partial charge in [0.1, 0.15) is 5.75 Å². The molecule has 0 radical (unpaired) electrons. The molecule has 0 spiro atoms. The van der Waals surface area contributed by atoms with Gasteiger partial charge in [-0.3, -0.25) is 4.79 Å². The van der Waals surface area contributed by atoms with Gasteiger partial charge in [-0.05, 0) is 41.9 Å². The lowest BCUT2D eigenvalue weighted by Gasteiger charge is -2.25. The fourth-order valence-corrected chi connectivity index (χ4v) is 2.61. The van der Waals surface area contributed by atoms with Crippen molar-refractivity contribution in [1.29, 1.82) is 0 Å². The number of aliphatic carboxylic acids is 1. The number of ether oxygens (including phenoxy) is 1. The number of carbonyl (C=O) groups is 1. The summed E-state index contributed by atoms with van der Waals surface area (Å²) >= 11 is 0. The quantitative estimate of drug-likeness (QED) is 0.855. The Morgan fingerprint density at radius 3 is 2.48 bits per heavy atom. The van der Waals surface area contributed by atoms with Gasteiger partial charge in [0.2, 0.25) is 0 Å². The molecule has 0 unspecified atom stereocenters. The van der Waals surface area contributed by atoms with E-state index in [2.05, 4.69) is 39.8 Å². The lowest BCUT2D eigenvalue weighted by atomic mass is 9.85. The third-order valence-electron chi connectivity index (χ3n) is 4.28. The lowest BCUT2D eigenvalue weighted by Crippen LogP contribution is -2.20. The monoisotopic (exact) mass is 290 g/mol. The Hall–Kier alpha value is -1.51. The average molecular weight is 290 g/mol. The number of hydrogen-bond acceptors (Lipinski definition) is 2. The molecule has 0 aromatic heterocycles. The van der Waals surface area contributed by atoms with E-state index in [4.69, 9.17) is 9.84 Å². The van der Waals surface area contributed by atoms with Crippen LogP contribution < -0.4 is 4.74 Å². The second kappa shape index (κ2) is 5.70. The van der Waals surface area contributed by atoms with Gasteiger partial charge in [0.15, 0.2) is 0 Å². The van der Waals surface area contributed by atoms with Crippen molar-refractivity contribution >= 4 is 5.97 Å². The normalized spacial score (nSPS) is 16.6. The number of aryl methyl sites for hydroxylation is 1. The summed E-state index contributed by atoms with van der Waals surface area (Å²) in [5, 5.41) is 8.98. The summed E-state index contributed by atoms with van der Waals surface area (Å²) in [6.45, 7) is 9.19. The van der Waals surface area contributed by atoms with E-state index in [1.54, 1.807) is 0 Å². The number of rotatable bonds is 6. The van der Waals surface area contributed by atoms with Crippen LogP contribution in [-0.2, 0) is 16.6 Å². The van der Waals surface area contributed by atoms with Crippen molar-refractivity contribution in [2.24, 2.45) is 5.41 Å². The summed E-state index contributed by atoms with van der Waals surface area (Å²) in [5.41, 5.74) is 2.39. The molecule has 1 aliphatic carbocycles. The fourth-order valence-electron chi connectivity index (χ4n) is 2.61. The number of benzene rings is 1. The first-order valence-electron chi connectivity index (χ1n) is 7.74. The molecule has 0 atom stereocenters. The van der Waals surface area contributed by atoms with E-state index in [-0.39, 0.29) is 17.3 Å². The van der Waals surface area contributed by atoms with Gasteiger partial charge in [-0.15, -0.1) is 0 Å². The molecule has 0 bridgehead atoms. The van der Waals surface area contributed by atoms with Crippen molar-refractivity contribution in [1.82, 2.24) is 0 Å². The fraction of sp³-hybridized carbons (Fsp3) is 0.611. The number of carboxylic acid groups (broad SMARTS) is 1. The van der Waals surface area contributed by atoms with Crippen LogP contribution in [0.15, 0.2) is 18.2 Å². The van der Waals surface area contributed by atoms with Crippen LogP contribution in [0.3, 0.4) is 0 Å². The van der Waals surface area contributed by atoms with Crippen molar-refractivity contribution in [3.05, 3.63) is 29.3 Å². The third kappa shape index (κ3) is 3.99. The maximum atomic E-state index is 10.9. The van der Waals surface area contributed by atoms with Crippen LogP contribution in [-0.4, -0.2) is 17.7 Å². The van der Waals surface area contributed by atoms with Gasteiger partial charge in [0, 0.05) is 5.41 Å². The van der Waals surface area contributed by atoms with Crippen molar-refractivity contribution < 1.29 is 14.6 Å². The second-order valence-electron chi connectivity index (χ2n) is 7.29. The van der Waals surface area contributed by atoms with Crippen LogP contribution in [0.2, 0.25) is 0 Å². The zero-order valence-corrected chi connectivity index (χ0v) is 13.5. The molecule has 0 saturated heterocycles. The molecule has 3 nitrogen and oxygen atoms in total. The summed E-state index contributed by atoms with van der Waals surface area (Å²) in [6.07, 6.45) is 3.13. The van der Waals surface area contributed by atoms with Gasteiger partial charge in [0.25, 0.3) is 0 Å². The van der Waals surface area contributed by atoms with Crippen molar-refractivity contribution in [3.8, 4) is 5.75 Å². The first kappa shape index (κ1) is 15.9. The Morgan fingerprint density at radius 2 is 2.00 bits per heavy atom. The summed E-state index contributed by atoms with van der Waals surface area (Å²) < 4.78 is 6.03. The van der Waals surface area contributed by atoms with Crippen molar-refractivity contribution in [2.75, 3.05) is 6.61 Å². The first-order chi connectivity index (χ1) is 9.76. The van der Waals surface area contributed by atoms with Gasteiger partial charge in [-0.1, -0.05) is 39.8 Å². The van der Waals surface area contributed by atoms with Crippen LogP contribution in [0, 0.1) is 5.41 Å². The SMILES string of the molecule is CCc1ccc(OCC2(CC(=O)O)CC2)c(C(C)(C)C)c1. The highest BCUT2D eigenvalue weighted by Crippen LogP contribution is 2.49. The van der Waals surface area contributed by atoms with Crippen molar-refractivity contribution in [3.63, 3.8) is 0 Å². The van der Waals surface area contributed by atoms with E-state index in [9.17, 15) is 4.79 Å². The zero-order valence-electron chi connectivity index (χ0n) is 13.5. The van der Waals surface area contributed by atoms with Gasteiger partial charge in [0.05, 0.1) is 13.0 Å². The highest BCUT2D eigenvalue weighted by atomic mass is 16.5. The molecule has 116 valence electrons. The molecule has 0 heterocycles. The van der Waals surface area contributed by atoms with Gasteiger partial charge < -0.3 is 9.84 Å². The predicted molar refractivity (Wildman–Crippen MR) is 83.9 cm³/mol. The molecule has 1 fully saturated rings. The topological polar surface area (TPSA) is 46.5 Å². The molecular formula is C18H26O3. The molecule has 3 heteroatoms. The molecular weight excluding hydrogens is 264 g/mol. The zero-order chi connectivity index (χ0) is 15.7. The van der Waals surface area contributed by atoms with Crippen molar-refractivity contribution in [2.45, 2.75) is 58.8 Å². The van der Waals surface area contributed by atoms with E-state index in [0.717, 1.165) is 25.0 Å². The molecule has 0 amide bonds. The van der Waals surface area contributed by atoms with E-state index in [1.807, 2.05) is 6.07 Å². The Bertz CT molecular complexity index is 522. The van der Waals surface area contributed by atoms with Gasteiger partial charge >= 0.3 is 5.97 Å². The smallest absolute Gasteiger partial charge is 0.304 e. The maximum Gasteiger partial charge on any atom is 0.304 e. The summed E-state index contributed by atoms with van der Waals surface area (Å²) in [7, 11) is 0. The highest BCUT2D eigenvalue weighted by Gasteiger charge is 2.45. The number of hydrogen-bond donors (Lipinski definition) is 1. The third-order valence-corrected chi connectivity index (χ3v) is 4.28. The van der Waals surface area contributed by atoms with Crippen LogP contribution in [0.4, 0.5) is 0 Å². The molecule has 1 saturated carbocycles. The Morgan fingerprint density at radius 1 is 1.33 bits per heavy atom. The van der Waals surface area contributed by atoms with E-state index < -0.39 is 5.97 Å². The Labute approximate surface area is 127 Å². The molecule has 2 rings (SSSR count). The summed E-state index contributed by atoms with van der Waals surface area (Å²) in [5.74, 6) is 0.171. The minimum Gasteiger partial charge on any atom is -0.493 e. The molecule has 1 aromatic carbocycles. The van der Waals surface area contributed by atoms with Gasteiger partial charge in [-0.25, -0.2) is 0 Å². The van der Waals surface area contributed by atoms with Crippen LogP contribution in [0.5, 0.6) is 5.75 Å². The molecule has 21 heavy (non-hydrogen) atoms. The van der Waals surface area contributed by atoms with Crippen LogP contribution in [0.25, 0.3) is 0 Å². The van der Waals surface area contributed by atoms with Gasteiger partial charge in [-0.2, -0.15) is 0 Å². The summed E-state index contributed by atoms with van der Waals surface area (Å²) in [4.78, 5) is 10.9. The molecule has 1 aliphatic rings. The standard InChI is InChI=1S/C18H26O3/c1-5-13-6-7-15(14(10-13)17(2,3)4)21-12-18(8-9-18)11-16(19)20/h6-7,10H,5,8-9,11-12H2,1-4H3,(H,19,20). The highest BCUT2D eigenvalue weighted by molar-refractivity contribution is 5.68. The Balaban J connectivity index is 2.15. The average Bonchev–Trinajstić information content (AvgIpc) is 3.14. The lowest BCUT2D eigenvalue weighted by molar-refractivity contribution is -0.138. The van der Waals surface area contributed by atoms with E-state index in [1.165, 1.54) is 11.1 Å². The minimum atomic E-state index is -0.728. The van der Waals surface area contributed by atoms with Crippen LogP contribution in [0.1, 0.15) is 58.1 Å². The second-order valence-corrected chi connectivity index (χ2v) is 7.29. The Kier molecular flexibility index (Phi) is 4.31.